The molecule has 0 unspecified atom stereocenters. The Kier molecular flexibility index (Phi) is 5.86. The quantitative estimate of drug-likeness (QED) is 0.403. The number of benzene rings is 2. The maximum atomic E-state index is 11.4. The smallest absolute Gasteiger partial charge is 0.265 e. The molecule has 0 aliphatic heterocycles. The lowest BCUT2D eigenvalue weighted by Gasteiger charge is -2.04. The molecule has 0 bridgehead atoms. The highest BCUT2D eigenvalue weighted by Gasteiger charge is 2.29. The Morgan fingerprint density at radius 3 is 1.94 bits per heavy atom. The Morgan fingerprint density at radius 2 is 1.42 bits per heavy atom. The number of nitro benzene ring substituents is 3. The van der Waals surface area contributed by atoms with Crippen LogP contribution in [0.15, 0.2) is 42.5 Å². The first-order valence-electron chi connectivity index (χ1n) is 9.06. The van der Waals surface area contributed by atoms with Crippen LogP contribution in [0.2, 0.25) is 0 Å². The summed E-state index contributed by atoms with van der Waals surface area (Å²) in [6.07, 6.45) is 2.73. The average molecular weight is 423 g/mol. The largest absolute Gasteiger partial charge is 0.290 e. The van der Waals surface area contributed by atoms with Gasteiger partial charge in [-0.05, 0) is 25.5 Å². The van der Waals surface area contributed by atoms with Gasteiger partial charge in [-0.3, -0.25) is 35.0 Å². The number of nitro groups is 3. The Labute approximate surface area is 175 Å². The SMILES string of the molecule is Cc1nn(Cc2ccccc2)c(C)c1/C=C/c1c([N+](=O)[O-])cc([N+](=O)[O-])cc1[N+](=O)[O-]. The molecule has 0 atom stereocenters. The van der Waals surface area contributed by atoms with Crippen molar-refractivity contribution in [3.05, 3.63) is 101 Å². The van der Waals surface area contributed by atoms with E-state index in [1.54, 1.807) is 11.6 Å². The minimum Gasteiger partial charge on any atom is -0.265 e. The summed E-state index contributed by atoms with van der Waals surface area (Å²) in [6.45, 7) is 4.09. The number of non-ortho nitro benzene ring substituents is 1. The second-order valence-electron chi connectivity index (χ2n) is 6.73. The third-order valence-corrected chi connectivity index (χ3v) is 4.75. The maximum Gasteiger partial charge on any atom is 0.290 e. The number of hydrogen-bond acceptors (Lipinski definition) is 7. The van der Waals surface area contributed by atoms with Gasteiger partial charge in [0.25, 0.3) is 17.1 Å². The monoisotopic (exact) mass is 423 g/mol. The summed E-state index contributed by atoms with van der Waals surface area (Å²) in [5, 5.41) is 38.4. The Morgan fingerprint density at radius 1 is 0.871 bits per heavy atom. The second-order valence-corrected chi connectivity index (χ2v) is 6.73. The van der Waals surface area contributed by atoms with Crippen LogP contribution in [0.1, 0.15) is 28.1 Å². The first-order valence-corrected chi connectivity index (χ1v) is 9.06. The van der Waals surface area contributed by atoms with E-state index in [-0.39, 0.29) is 5.56 Å². The topological polar surface area (TPSA) is 147 Å². The first-order chi connectivity index (χ1) is 14.7. The van der Waals surface area contributed by atoms with Gasteiger partial charge in [0.05, 0.1) is 39.1 Å². The normalized spacial score (nSPS) is 11.0. The maximum absolute atomic E-state index is 11.4. The molecule has 0 fully saturated rings. The molecular weight excluding hydrogens is 406 g/mol. The molecule has 1 aromatic heterocycles. The molecule has 0 aliphatic carbocycles. The van der Waals surface area contributed by atoms with Crippen LogP contribution >= 0.6 is 0 Å². The molecule has 11 nitrogen and oxygen atoms in total. The lowest BCUT2D eigenvalue weighted by Crippen LogP contribution is -2.03. The van der Waals surface area contributed by atoms with Gasteiger partial charge in [0, 0.05) is 11.3 Å². The fourth-order valence-electron chi connectivity index (χ4n) is 3.22. The van der Waals surface area contributed by atoms with Gasteiger partial charge in [-0.1, -0.05) is 36.4 Å². The van der Waals surface area contributed by atoms with Crippen LogP contribution in [0, 0.1) is 44.2 Å². The molecule has 0 radical (unpaired) electrons. The van der Waals surface area contributed by atoms with Gasteiger partial charge in [-0.25, -0.2) is 0 Å². The fourth-order valence-corrected chi connectivity index (χ4v) is 3.22. The van der Waals surface area contributed by atoms with Crippen LogP contribution in [0.5, 0.6) is 0 Å². The summed E-state index contributed by atoms with van der Waals surface area (Å²) in [6, 6.07) is 11.1. The van der Waals surface area contributed by atoms with Crippen molar-refractivity contribution >= 4 is 29.2 Å². The van der Waals surface area contributed by atoms with Gasteiger partial charge in [-0.2, -0.15) is 5.10 Å². The van der Waals surface area contributed by atoms with Crippen molar-refractivity contribution in [2.75, 3.05) is 0 Å². The van der Waals surface area contributed by atoms with Crippen molar-refractivity contribution in [1.82, 2.24) is 9.78 Å². The van der Waals surface area contributed by atoms with Crippen LogP contribution in [-0.4, -0.2) is 24.6 Å². The molecule has 0 amide bonds. The Hall–Kier alpha value is -4.41. The predicted molar refractivity (Wildman–Crippen MR) is 113 cm³/mol. The number of aryl methyl sites for hydroxylation is 1. The molecule has 31 heavy (non-hydrogen) atoms. The van der Waals surface area contributed by atoms with Gasteiger partial charge in [0.2, 0.25) is 0 Å². The molecule has 3 rings (SSSR count). The van der Waals surface area contributed by atoms with Crippen LogP contribution in [0.3, 0.4) is 0 Å². The minimum atomic E-state index is -0.907. The van der Waals surface area contributed by atoms with Crippen LogP contribution in [0.4, 0.5) is 17.1 Å². The lowest BCUT2D eigenvalue weighted by atomic mass is 10.1. The summed E-state index contributed by atoms with van der Waals surface area (Å²) in [5.41, 5.74) is 0.604. The molecule has 3 aromatic rings. The van der Waals surface area contributed by atoms with Gasteiger partial charge in [0.1, 0.15) is 5.56 Å². The number of nitrogens with zero attached hydrogens (tertiary/aromatic N) is 5. The van der Waals surface area contributed by atoms with E-state index in [9.17, 15) is 30.3 Å². The lowest BCUT2D eigenvalue weighted by molar-refractivity contribution is -0.403. The van der Waals surface area contributed by atoms with E-state index in [2.05, 4.69) is 5.10 Å². The van der Waals surface area contributed by atoms with Crippen molar-refractivity contribution in [2.24, 2.45) is 0 Å². The van der Waals surface area contributed by atoms with Crippen molar-refractivity contribution in [3.63, 3.8) is 0 Å². The Balaban J connectivity index is 2.06. The third kappa shape index (κ3) is 4.45. The number of rotatable bonds is 7. The van der Waals surface area contributed by atoms with Crippen LogP contribution in [0.25, 0.3) is 12.2 Å². The van der Waals surface area contributed by atoms with E-state index in [0.29, 0.717) is 29.9 Å². The van der Waals surface area contributed by atoms with E-state index in [1.165, 1.54) is 12.2 Å². The van der Waals surface area contributed by atoms with E-state index in [4.69, 9.17) is 0 Å². The fraction of sp³-hybridized carbons (Fsp3) is 0.150. The second kappa shape index (κ2) is 8.53. The zero-order chi connectivity index (χ0) is 22.7. The zero-order valence-electron chi connectivity index (χ0n) is 16.6. The average Bonchev–Trinajstić information content (AvgIpc) is 2.98. The van der Waals surface area contributed by atoms with Gasteiger partial charge < -0.3 is 0 Å². The molecule has 1 heterocycles. The molecule has 11 heteroatoms. The summed E-state index contributed by atoms with van der Waals surface area (Å²) in [4.78, 5) is 31.2. The van der Waals surface area contributed by atoms with E-state index < -0.39 is 31.8 Å². The van der Waals surface area contributed by atoms with Crippen molar-refractivity contribution in [1.29, 1.82) is 0 Å². The molecule has 0 aliphatic rings. The van der Waals surface area contributed by atoms with Gasteiger partial charge in [0.15, 0.2) is 0 Å². The molecular formula is C20H17N5O6. The standard InChI is InChI=1S/C20H17N5O6/c1-13-17(14(2)22(21-13)12-15-6-4-3-5-7-15)8-9-18-19(24(28)29)10-16(23(26)27)11-20(18)25(30)31/h3-11H,12H2,1-2H3/b9-8+. The predicted octanol–water partition coefficient (Wildman–Crippen LogP) is 4.44. The van der Waals surface area contributed by atoms with Crippen molar-refractivity contribution in [3.8, 4) is 0 Å². The molecule has 0 saturated heterocycles. The molecule has 158 valence electrons. The van der Waals surface area contributed by atoms with Crippen LogP contribution < -0.4 is 0 Å². The summed E-state index contributed by atoms with van der Waals surface area (Å²) < 4.78 is 1.77. The van der Waals surface area contributed by atoms with Crippen molar-refractivity contribution in [2.45, 2.75) is 20.4 Å². The number of aromatic nitrogens is 2. The molecule has 0 spiro atoms. The number of hydrogen-bond donors (Lipinski definition) is 0. The zero-order valence-corrected chi connectivity index (χ0v) is 16.6. The molecule has 0 saturated carbocycles. The highest BCUT2D eigenvalue weighted by atomic mass is 16.6. The van der Waals surface area contributed by atoms with E-state index in [0.717, 1.165) is 11.3 Å². The third-order valence-electron chi connectivity index (χ3n) is 4.75. The molecule has 0 N–H and O–H groups in total. The van der Waals surface area contributed by atoms with E-state index >= 15 is 0 Å². The first kappa shape index (κ1) is 21.3. The highest BCUT2D eigenvalue weighted by Crippen LogP contribution is 2.35. The van der Waals surface area contributed by atoms with Crippen LogP contribution in [-0.2, 0) is 6.54 Å². The highest BCUT2D eigenvalue weighted by molar-refractivity contribution is 5.81. The summed E-state index contributed by atoms with van der Waals surface area (Å²) in [5.74, 6) is 0. The minimum absolute atomic E-state index is 0.324. The summed E-state index contributed by atoms with van der Waals surface area (Å²) >= 11 is 0. The van der Waals surface area contributed by atoms with E-state index in [1.807, 2.05) is 37.3 Å². The Bertz CT molecular complexity index is 1180. The van der Waals surface area contributed by atoms with Gasteiger partial charge >= 0.3 is 0 Å². The molecule has 2 aromatic carbocycles. The van der Waals surface area contributed by atoms with Gasteiger partial charge in [-0.15, -0.1) is 0 Å². The van der Waals surface area contributed by atoms with Crippen molar-refractivity contribution < 1.29 is 14.8 Å². The summed E-state index contributed by atoms with van der Waals surface area (Å²) in [7, 11) is 0.